The maximum Gasteiger partial charge on any atom is 0.322 e. The fourth-order valence-electron chi connectivity index (χ4n) is 2.75. The summed E-state index contributed by atoms with van der Waals surface area (Å²) in [4.78, 5) is 18.5. The standard InChI is InChI=1S/C16H19N3O2/c1-11-9-19(10-12(2)21-11)16(20)18-15-7-3-6-14-13(15)5-4-8-17-14/h3-8,11-12H,9-10H2,1-2H3,(H,18,20). The first kappa shape index (κ1) is 13.8. The van der Waals surface area contributed by atoms with Crippen molar-refractivity contribution in [3.8, 4) is 0 Å². The largest absolute Gasteiger partial charge is 0.372 e. The number of benzene rings is 1. The molecule has 2 heterocycles. The molecule has 1 fully saturated rings. The van der Waals surface area contributed by atoms with Gasteiger partial charge in [0.2, 0.25) is 0 Å². The Hall–Kier alpha value is -2.14. The van der Waals surface area contributed by atoms with Crippen LogP contribution in [-0.2, 0) is 4.74 Å². The summed E-state index contributed by atoms with van der Waals surface area (Å²) in [5.41, 5.74) is 1.66. The number of pyridine rings is 1. The van der Waals surface area contributed by atoms with Gasteiger partial charge in [0.1, 0.15) is 0 Å². The molecule has 0 saturated carbocycles. The molecule has 110 valence electrons. The van der Waals surface area contributed by atoms with Crippen molar-refractivity contribution in [1.82, 2.24) is 9.88 Å². The van der Waals surface area contributed by atoms with E-state index in [1.54, 1.807) is 11.1 Å². The zero-order valence-corrected chi connectivity index (χ0v) is 12.2. The van der Waals surface area contributed by atoms with Crippen molar-refractivity contribution in [3.05, 3.63) is 36.5 Å². The van der Waals surface area contributed by atoms with Crippen molar-refractivity contribution in [3.63, 3.8) is 0 Å². The van der Waals surface area contributed by atoms with Crippen molar-refractivity contribution in [2.45, 2.75) is 26.1 Å². The van der Waals surface area contributed by atoms with Crippen LogP contribution in [0.4, 0.5) is 10.5 Å². The molecule has 1 N–H and O–H groups in total. The van der Waals surface area contributed by atoms with E-state index < -0.39 is 0 Å². The summed E-state index contributed by atoms with van der Waals surface area (Å²) in [6.45, 7) is 5.19. The number of amides is 2. The highest BCUT2D eigenvalue weighted by Gasteiger charge is 2.26. The summed E-state index contributed by atoms with van der Waals surface area (Å²) in [6, 6.07) is 9.47. The third-order valence-electron chi connectivity index (χ3n) is 3.59. The van der Waals surface area contributed by atoms with Gasteiger partial charge in [-0.1, -0.05) is 6.07 Å². The first-order valence-electron chi connectivity index (χ1n) is 7.18. The number of nitrogens with one attached hydrogen (secondary N) is 1. The number of aromatic nitrogens is 1. The molecule has 1 aromatic carbocycles. The van der Waals surface area contributed by atoms with Gasteiger partial charge in [0.15, 0.2) is 0 Å². The molecular weight excluding hydrogens is 266 g/mol. The van der Waals surface area contributed by atoms with Gasteiger partial charge < -0.3 is 15.0 Å². The second-order valence-electron chi connectivity index (χ2n) is 5.47. The van der Waals surface area contributed by atoms with Crippen LogP contribution in [0.1, 0.15) is 13.8 Å². The zero-order chi connectivity index (χ0) is 14.8. The molecule has 1 aromatic heterocycles. The molecule has 5 heteroatoms. The van der Waals surface area contributed by atoms with Gasteiger partial charge in [0, 0.05) is 24.7 Å². The summed E-state index contributed by atoms with van der Waals surface area (Å²) in [7, 11) is 0. The number of anilines is 1. The first-order valence-corrected chi connectivity index (χ1v) is 7.18. The number of carbonyl (C=O) groups is 1. The van der Waals surface area contributed by atoms with Crippen LogP contribution in [0.3, 0.4) is 0 Å². The zero-order valence-electron chi connectivity index (χ0n) is 12.2. The van der Waals surface area contributed by atoms with E-state index >= 15 is 0 Å². The molecule has 5 nitrogen and oxygen atoms in total. The van der Waals surface area contributed by atoms with Gasteiger partial charge in [0.25, 0.3) is 0 Å². The molecule has 0 spiro atoms. The number of ether oxygens (including phenoxy) is 1. The van der Waals surface area contributed by atoms with E-state index in [4.69, 9.17) is 4.74 Å². The smallest absolute Gasteiger partial charge is 0.322 e. The highest BCUT2D eigenvalue weighted by Crippen LogP contribution is 2.22. The molecular formula is C16H19N3O2. The average molecular weight is 285 g/mol. The Kier molecular flexibility index (Phi) is 3.75. The van der Waals surface area contributed by atoms with Crippen LogP contribution >= 0.6 is 0 Å². The monoisotopic (exact) mass is 285 g/mol. The number of fused-ring (bicyclic) bond motifs is 1. The molecule has 2 atom stereocenters. The van der Waals surface area contributed by atoms with Gasteiger partial charge >= 0.3 is 6.03 Å². The van der Waals surface area contributed by atoms with Crippen molar-refractivity contribution in [2.24, 2.45) is 0 Å². The molecule has 0 aliphatic carbocycles. The van der Waals surface area contributed by atoms with Gasteiger partial charge in [-0.2, -0.15) is 0 Å². The lowest BCUT2D eigenvalue weighted by Gasteiger charge is -2.35. The second kappa shape index (κ2) is 5.69. The fraction of sp³-hybridized carbons (Fsp3) is 0.375. The minimum absolute atomic E-state index is 0.0636. The fourth-order valence-corrected chi connectivity index (χ4v) is 2.75. The van der Waals surface area contributed by atoms with E-state index in [1.807, 2.05) is 44.2 Å². The highest BCUT2D eigenvalue weighted by molar-refractivity contribution is 6.00. The van der Waals surface area contributed by atoms with Crippen LogP contribution in [0, 0.1) is 0 Å². The van der Waals surface area contributed by atoms with E-state index in [9.17, 15) is 4.79 Å². The SMILES string of the molecule is CC1CN(C(=O)Nc2cccc3ncccc23)CC(C)O1. The summed E-state index contributed by atoms with van der Waals surface area (Å²) in [5, 5.41) is 3.93. The Morgan fingerprint density at radius 1 is 1.24 bits per heavy atom. The Balaban J connectivity index is 1.80. The molecule has 3 rings (SSSR count). The van der Waals surface area contributed by atoms with Crippen molar-refractivity contribution in [1.29, 1.82) is 0 Å². The van der Waals surface area contributed by atoms with E-state index in [0.717, 1.165) is 16.6 Å². The predicted octanol–water partition coefficient (Wildman–Crippen LogP) is 2.88. The number of carbonyl (C=O) groups excluding carboxylic acids is 1. The van der Waals surface area contributed by atoms with Crippen LogP contribution in [0.2, 0.25) is 0 Å². The Labute approximate surface area is 123 Å². The summed E-state index contributed by atoms with van der Waals surface area (Å²) < 4.78 is 5.66. The number of rotatable bonds is 1. The third kappa shape index (κ3) is 2.97. The quantitative estimate of drug-likeness (QED) is 0.876. The van der Waals surface area contributed by atoms with E-state index in [0.29, 0.717) is 13.1 Å². The third-order valence-corrected chi connectivity index (χ3v) is 3.59. The normalized spacial score (nSPS) is 22.3. The number of morpholine rings is 1. The Morgan fingerprint density at radius 3 is 2.76 bits per heavy atom. The number of urea groups is 1. The van der Waals surface area contributed by atoms with E-state index in [-0.39, 0.29) is 18.2 Å². The highest BCUT2D eigenvalue weighted by atomic mass is 16.5. The minimum atomic E-state index is -0.0895. The van der Waals surface area contributed by atoms with Crippen LogP contribution in [0.15, 0.2) is 36.5 Å². The van der Waals surface area contributed by atoms with Crippen LogP contribution in [-0.4, -0.2) is 41.2 Å². The Bertz CT molecular complexity index is 644. The topological polar surface area (TPSA) is 54.5 Å². The molecule has 0 radical (unpaired) electrons. The van der Waals surface area contributed by atoms with Crippen molar-refractivity contribution >= 4 is 22.6 Å². The Morgan fingerprint density at radius 2 is 2.00 bits per heavy atom. The van der Waals surface area contributed by atoms with Gasteiger partial charge in [0.05, 0.1) is 23.4 Å². The molecule has 1 aliphatic heterocycles. The average Bonchev–Trinajstić information content (AvgIpc) is 2.46. The molecule has 2 amide bonds. The summed E-state index contributed by atoms with van der Waals surface area (Å²) >= 11 is 0. The lowest BCUT2D eigenvalue weighted by molar-refractivity contribution is -0.0530. The molecule has 2 aromatic rings. The van der Waals surface area contributed by atoms with Gasteiger partial charge in [-0.15, -0.1) is 0 Å². The molecule has 2 unspecified atom stereocenters. The van der Waals surface area contributed by atoms with Crippen LogP contribution in [0.25, 0.3) is 10.9 Å². The maximum atomic E-state index is 12.4. The number of hydrogen-bond acceptors (Lipinski definition) is 3. The van der Waals surface area contributed by atoms with E-state index in [2.05, 4.69) is 10.3 Å². The first-order chi connectivity index (χ1) is 10.1. The molecule has 0 bridgehead atoms. The van der Waals surface area contributed by atoms with Crippen molar-refractivity contribution in [2.75, 3.05) is 18.4 Å². The van der Waals surface area contributed by atoms with Crippen LogP contribution < -0.4 is 5.32 Å². The lowest BCUT2D eigenvalue weighted by atomic mass is 10.2. The molecule has 1 saturated heterocycles. The van der Waals surface area contributed by atoms with Gasteiger partial charge in [-0.25, -0.2) is 4.79 Å². The summed E-state index contributed by atoms with van der Waals surface area (Å²) in [6.07, 6.45) is 1.88. The number of nitrogens with zero attached hydrogens (tertiary/aromatic N) is 2. The predicted molar refractivity (Wildman–Crippen MR) is 82.3 cm³/mol. The number of hydrogen-bond donors (Lipinski definition) is 1. The minimum Gasteiger partial charge on any atom is -0.372 e. The van der Waals surface area contributed by atoms with Gasteiger partial charge in [-0.05, 0) is 38.1 Å². The second-order valence-corrected chi connectivity index (χ2v) is 5.47. The lowest BCUT2D eigenvalue weighted by Crippen LogP contribution is -2.49. The molecule has 1 aliphatic rings. The maximum absolute atomic E-state index is 12.4. The summed E-state index contributed by atoms with van der Waals surface area (Å²) in [5.74, 6) is 0. The van der Waals surface area contributed by atoms with Gasteiger partial charge in [-0.3, -0.25) is 4.98 Å². The van der Waals surface area contributed by atoms with E-state index in [1.165, 1.54) is 0 Å². The van der Waals surface area contributed by atoms with Crippen LogP contribution in [0.5, 0.6) is 0 Å². The van der Waals surface area contributed by atoms with Crippen molar-refractivity contribution < 1.29 is 9.53 Å². The molecule has 21 heavy (non-hydrogen) atoms.